The van der Waals surface area contributed by atoms with Crippen molar-refractivity contribution in [3.63, 3.8) is 0 Å². The molecule has 2 unspecified atom stereocenters. The van der Waals surface area contributed by atoms with E-state index in [2.05, 4.69) is 4.98 Å². The van der Waals surface area contributed by atoms with Crippen LogP contribution in [0, 0.1) is 5.92 Å². The third-order valence-electron chi connectivity index (χ3n) is 6.11. The summed E-state index contributed by atoms with van der Waals surface area (Å²) in [5.41, 5.74) is -0.658. The van der Waals surface area contributed by atoms with Gasteiger partial charge >= 0.3 is 12.3 Å². The molecular formula is C23H23F3N2O3. The van der Waals surface area contributed by atoms with Crippen molar-refractivity contribution in [2.75, 3.05) is 0 Å². The van der Waals surface area contributed by atoms with Crippen LogP contribution in [0.3, 0.4) is 0 Å². The highest BCUT2D eigenvalue weighted by atomic mass is 19.4. The molecule has 0 radical (unpaired) electrons. The number of alkyl halides is 3. The topological polar surface area (TPSA) is 59.5 Å². The lowest BCUT2D eigenvalue weighted by atomic mass is 9.76. The number of ketones is 1. The Morgan fingerprint density at radius 2 is 1.71 bits per heavy atom. The Morgan fingerprint density at radius 1 is 1.03 bits per heavy atom. The second-order valence-electron chi connectivity index (χ2n) is 8.12. The van der Waals surface area contributed by atoms with Gasteiger partial charge in [-0.25, -0.2) is 4.79 Å². The quantitative estimate of drug-likeness (QED) is 0.619. The SMILES string of the molecule is O=C(c1ncccc1C(F)(F)F)C1CC2CCCC(C1)N2C(=O)OCc1ccccc1. The fourth-order valence-corrected chi connectivity index (χ4v) is 4.71. The van der Waals surface area contributed by atoms with Crippen LogP contribution in [0.4, 0.5) is 18.0 Å². The number of Topliss-reactive ketones (excluding diaryl/α,β-unsaturated/α-hetero) is 1. The highest BCUT2D eigenvalue weighted by molar-refractivity contribution is 5.97. The molecule has 3 heterocycles. The second-order valence-corrected chi connectivity index (χ2v) is 8.12. The first kappa shape index (κ1) is 21.3. The minimum Gasteiger partial charge on any atom is -0.445 e. The van der Waals surface area contributed by atoms with Crippen molar-refractivity contribution in [3.05, 3.63) is 65.5 Å². The summed E-state index contributed by atoms with van der Waals surface area (Å²) in [6.07, 6.45) is -0.900. The molecular weight excluding hydrogens is 409 g/mol. The number of halogens is 3. The third-order valence-corrected chi connectivity index (χ3v) is 6.11. The number of rotatable bonds is 4. The summed E-state index contributed by atoms with van der Waals surface area (Å²) < 4.78 is 45.5. The van der Waals surface area contributed by atoms with Gasteiger partial charge in [0.25, 0.3) is 0 Å². The van der Waals surface area contributed by atoms with E-state index in [4.69, 9.17) is 4.74 Å². The molecule has 2 aliphatic heterocycles. The molecule has 0 saturated carbocycles. The first-order valence-corrected chi connectivity index (χ1v) is 10.4. The molecule has 8 heteroatoms. The van der Waals surface area contributed by atoms with E-state index in [-0.39, 0.29) is 18.7 Å². The summed E-state index contributed by atoms with van der Waals surface area (Å²) in [6.45, 7) is 0.154. The lowest BCUT2D eigenvalue weighted by molar-refractivity contribution is -0.138. The summed E-state index contributed by atoms with van der Waals surface area (Å²) in [4.78, 5) is 31.2. The smallest absolute Gasteiger partial charge is 0.418 e. The number of ether oxygens (including phenoxy) is 1. The molecule has 0 N–H and O–H groups in total. The molecule has 31 heavy (non-hydrogen) atoms. The zero-order chi connectivity index (χ0) is 22.0. The molecule has 2 aliphatic rings. The first-order valence-electron chi connectivity index (χ1n) is 10.4. The molecule has 2 bridgehead atoms. The normalized spacial score (nSPS) is 23.3. The van der Waals surface area contributed by atoms with E-state index in [9.17, 15) is 22.8 Å². The molecule has 164 valence electrons. The number of piperidine rings is 2. The number of nitrogens with zero attached hydrogens (tertiary/aromatic N) is 2. The van der Waals surface area contributed by atoms with E-state index in [0.717, 1.165) is 18.1 Å². The zero-order valence-corrected chi connectivity index (χ0v) is 16.8. The van der Waals surface area contributed by atoms with Crippen molar-refractivity contribution in [2.24, 2.45) is 5.92 Å². The molecule has 0 aliphatic carbocycles. The van der Waals surface area contributed by atoms with Crippen LogP contribution < -0.4 is 0 Å². The fourth-order valence-electron chi connectivity index (χ4n) is 4.71. The maximum absolute atomic E-state index is 13.3. The van der Waals surface area contributed by atoms with Gasteiger partial charge in [-0.3, -0.25) is 9.78 Å². The molecule has 0 spiro atoms. The van der Waals surface area contributed by atoms with E-state index in [1.165, 1.54) is 12.3 Å². The Labute approximate surface area is 178 Å². The van der Waals surface area contributed by atoms with Gasteiger partial charge in [-0.1, -0.05) is 30.3 Å². The van der Waals surface area contributed by atoms with Crippen LogP contribution in [0.15, 0.2) is 48.7 Å². The summed E-state index contributed by atoms with van der Waals surface area (Å²) in [6, 6.07) is 11.0. The average Bonchev–Trinajstić information content (AvgIpc) is 2.76. The lowest BCUT2D eigenvalue weighted by Crippen LogP contribution is -2.55. The Kier molecular flexibility index (Phi) is 5.98. The summed E-state index contributed by atoms with van der Waals surface area (Å²) in [5, 5.41) is 0. The number of aromatic nitrogens is 1. The molecule has 2 aromatic rings. The van der Waals surface area contributed by atoms with Gasteiger partial charge in [0.2, 0.25) is 0 Å². The van der Waals surface area contributed by atoms with Crippen LogP contribution in [-0.2, 0) is 17.5 Å². The fraction of sp³-hybridized carbons (Fsp3) is 0.435. The largest absolute Gasteiger partial charge is 0.445 e. The Hall–Kier alpha value is -2.90. The number of pyridine rings is 1. The highest BCUT2D eigenvalue weighted by Crippen LogP contribution is 2.40. The van der Waals surface area contributed by atoms with Gasteiger partial charge in [0.05, 0.1) is 5.56 Å². The first-order chi connectivity index (χ1) is 14.8. The number of fused-ring (bicyclic) bond motifs is 2. The molecule has 4 rings (SSSR count). The Morgan fingerprint density at radius 3 is 2.35 bits per heavy atom. The van der Waals surface area contributed by atoms with Gasteiger partial charge in [0, 0.05) is 24.2 Å². The van der Waals surface area contributed by atoms with Crippen molar-refractivity contribution in [1.29, 1.82) is 0 Å². The van der Waals surface area contributed by atoms with Gasteiger partial charge in [0.1, 0.15) is 12.3 Å². The maximum atomic E-state index is 13.3. The molecule has 2 fully saturated rings. The number of benzene rings is 1. The van der Waals surface area contributed by atoms with Crippen LogP contribution in [0.25, 0.3) is 0 Å². The monoisotopic (exact) mass is 432 g/mol. The van der Waals surface area contributed by atoms with Gasteiger partial charge in [-0.2, -0.15) is 13.2 Å². The number of carbonyl (C=O) groups is 2. The second kappa shape index (κ2) is 8.69. The van der Waals surface area contributed by atoms with Crippen LogP contribution in [0.2, 0.25) is 0 Å². The van der Waals surface area contributed by atoms with E-state index < -0.39 is 35.2 Å². The third kappa shape index (κ3) is 4.57. The predicted octanol–water partition coefficient (Wildman–Crippen LogP) is 5.25. The van der Waals surface area contributed by atoms with Gasteiger partial charge in [-0.05, 0) is 49.8 Å². The summed E-state index contributed by atoms with van der Waals surface area (Å²) in [5.74, 6) is -1.19. The van der Waals surface area contributed by atoms with Crippen molar-refractivity contribution in [1.82, 2.24) is 9.88 Å². The minimum absolute atomic E-state index is 0.154. The molecule has 1 aromatic carbocycles. The molecule has 2 saturated heterocycles. The lowest BCUT2D eigenvalue weighted by Gasteiger charge is -2.47. The van der Waals surface area contributed by atoms with E-state index >= 15 is 0 Å². The summed E-state index contributed by atoms with van der Waals surface area (Å²) in [7, 11) is 0. The molecule has 2 atom stereocenters. The number of hydrogen-bond acceptors (Lipinski definition) is 4. The maximum Gasteiger partial charge on any atom is 0.418 e. The summed E-state index contributed by atoms with van der Waals surface area (Å²) >= 11 is 0. The predicted molar refractivity (Wildman–Crippen MR) is 106 cm³/mol. The molecule has 1 amide bonds. The minimum atomic E-state index is -4.64. The van der Waals surface area contributed by atoms with Gasteiger partial charge in [-0.15, -0.1) is 0 Å². The van der Waals surface area contributed by atoms with Gasteiger partial charge < -0.3 is 9.64 Å². The standard InChI is InChI=1S/C23H23F3N2O3/c24-23(25,26)19-10-5-11-27-20(19)21(29)16-12-17-8-4-9-18(13-16)28(17)22(30)31-14-15-6-2-1-3-7-15/h1-3,5-7,10-11,16-18H,4,8-9,12-14H2. The van der Waals surface area contributed by atoms with Crippen LogP contribution in [-0.4, -0.2) is 33.8 Å². The van der Waals surface area contributed by atoms with E-state index in [0.29, 0.717) is 25.7 Å². The number of carbonyl (C=O) groups excluding carboxylic acids is 2. The van der Waals surface area contributed by atoms with Crippen LogP contribution in [0.1, 0.15) is 53.7 Å². The van der Waals surface area contributed by atoms with Crippen LogP contribution >= 0.6 is 0 Å². The van der Waals surface area contributed by atoms with E-state index in [1.807, 2.05) is 30.3 Å². The Balaban J connectivity index is 1.47. The van der Waals surface area contributed by atoms with Crippen molar-refractivity contribution in [3.8, 4) is 0 Å². The van der Waals surface area contributed by atoms with Crippen molar-refractivity contribution < 1.29 is 27.5 Å². The zero-order valence-electron chi connectivity index (χ0n) is 16.8. The van der Waals surface area contributed by atoms with Crippen LogP contribution in [0.5, 0.6) is 0 Å². The van der Waals surface area contributed by atoms with Crippen molar-refractivity contribution >= 4 is 11.9 Å². The average molecular weight is 432 g/mol. The molecule has 1 aromatic heterocycles. The molecule has 5 nitrogen and oxygen atoms in total. The van der Waals surface area contributed by atoms with E-state index in [1.54, 1.807) is 4.90 Å². The highest BCUT2D eigenvalue weighted by Gasteiger charge is 2.45. The Bertz CT molecular complexity index is 935. The number of hydrogen-bond donors (Lipinski definition) is 0. The number of amides is 1. The van der Waals surface area contributed by atoms with Gasteiger partial charge in [0.15, 0.2) is 5.78 Å². The van der Waals surface area contributed by atoms with Crippen molar-refractivity contribution in [2.45, 2.75) is 57.0 Å².